The zero-order valence-electron chi connectivity index (χ0n) is 20.1. The maximum absolute atomic E-state index is 14.8. The first-order valence-corrected chi connectivity index (χ1v) is 11.3. The second-order valence-corrected chi connectivity index (χ2v) is 9.38. The molecule has 0 saturated carbocycles. The van der Waals surface area contributed by atoms with E-state index in [1.165, 1.54) is 17.2 Å². The number of anilines is 2. The van der Waals surface area contributed by atoms with Gasteiger partial charge in [-0.05, 0) is 64.9 Å². The number of urea groups is 1. The van der Waals surface area contributed by atoms with Crippen molar-refractivity contribution in [3.05, 3.63) is 77.2 Å². The molecule has 2 aromatic carbocycles. The maximum Gasteiger partial charge on any atom is 0.324 e. The predicted octanol–water partition coefficient (Wildman–Crippen LogP) is 4.69. The standard InChI is InChI=1S/C26H28FN5O3/c1-26(2,3)20-10-7-17(15-21(20)27)29-24(33)23-19-9-8-18(35-4)14-16(19)11-13-32(23)25(34)30-22-6-5-12-28-31-22/h5-10,12,14-15,23H,11,13H2,1-4H3,(H,29,33)(H,30,31,34). The average molecular weight is 478 g/mol. The van der Waals surface area contributed by atoms with Crippen LogP contribution in [0.5, 0.6) is 5.75 Å². The van der Waals surface area contributed by atoms with Gasteiger partial charge < -0.3 is 15.0 Å². The van der Waals surface area contributed by atoms with E-state index in [1.807, 2.05) is 26.8 Å². The van der Waals surface area contributed by atoms with Crippen molar-refractivity contribution in [3.63, 3.8) is 0 Å². The van der Waals surface area contributed by atoms with Crippen molar-refractivity contribution >= 4 is 23.4 Å². The van der Waals surface area contributed by atoms with E-state index in [2.05, 4.69) is 20.8 Å². The highest BCUT2D eigenvalue weighted by atomic mass is 19.1. The molecular weight excluding hydrogens is 449 g/mol. The molecule has 2 heterocycles. The fourth-order valence-corrected chi connectivity index (χ4v) is 4.19. The minimum atomic E-state index is -0.938. The van der Waals surface area contributed by atoms with Crippen LogP contribution in [0.2, 0.25) is 0 Å². The van der Waals surface area contributed by atoms with Crippen LogP contribution in [0, 0.1) is 5.82 Å². The van der Waals surface area contributed by atoms with Gasteiger partial charge in [0.15, 0.2) is 5.82 Å². The molecule has 2 N–H and O–H groups in total. The first-order valence-electron chi connectivity index (χ1n) is 11.3. The Labute approximate surface area is 203 Å². The molecule has 1 aromatic heterocycles. The molecule has 0 bridgehead atoms. The van der Waals surface area contributed by atoms with E-state index in [0.29, 0.717) is 35.5 Å². The first kappa shape index (κ1) is 24.1. The summed E-state index contributed by atoms with van der Waals surface area (Å²) in [7, 11) is 1.57. The minimum absolute atomic E-state index is 0.275. The zero-order valence-corrected chi connectivity index (χ0v) is 20.1. The lowest BCUT2D eigenvalue weighted by molar-refractivity contribution is -0.120. The Balaban J connectivity index is 1.65. The number of methoxy groups -OCH3 is 1. The van der Waals surface area contributed by atoms with E-state index in [0.717, 1.165) is 5.56 Å². The molecule has 1 atom stereocenters. The highest BCUT2D eigenvalue weighted by Crippen LogP contribution is 2.34. The number of hydrogen-bond acceptors (Lipinski definition) is 5. The monoisotopic (exact) mass is 477 g/mol. The molecule has 4 rings (SSSR count). The van der Waals surface area contributed by atoms with Crippen molar-refractivity contribution in [3.8, 4) is 5.75 Å². The van der Waals surface area contributed by atoms with E-state index in [9.17, 15) is 14.0 Å². The largest absolute Gasteiger partial charge is 0.497 e. The fourth-order valence-electron chi connectivity index (χ4n) is 4.19. The Morgan fingerprint density at radius 2 is 1.91 bits per heavy atom. The third-order valence-corrected chi connectivity index (χ3v) is 5.94. The summed E-state index contributed by atoms with van der Waals surface area (Å²) >= 11 is 0. The summed E-state index contributed by atoms with van der Waals surface area (Å²) in [6.45, 7) is 6.06. The molecule has 0 spiro atoms. The number of amides is 3. The molecule has 35 heavy (non-hydrogen) atoms. The first-order chi connectivity index (χ1) is 16.7. The Bertz CT molecular complexity index is 1240. The van der Waals surface area contributed by atoms with Crippen molar-refractivity contribution < 1.29 is 18.7 Å². The van der Waals surface area contributed by atoms with Crippen molar-refractivity contribution in [1.29, 1.82) is 0 Å². The van der Waals surface area contributed by atoms with E-state index in [-0.39, 0.29) is 11.2 Å². The van der Waals surface area contributed by atoms with Crippen LogP contribution in [-0.2, 0) is 16.6 Å². The molecule has 3 aromatic rings. The summed E-state index contributed by atoms with van der Waals surface area (Å²) in [5.41, 5.74) is 2.08. The van der Waals surface area contributed by atoms with Crippen LogP contribution in [0.3, 0.4) is 0 Å². The van der Waals surface area contributed by atoms with E-state index < -0.39 is 23.8 Å². The van der Waals surface area contributed by atoms with Crippen molar-refractivity contribution in [2.75, 3.05) is 24.3 Å². The maximum atomic E-state index is 14.8. The molecule has 0 saturated heterocycles. The smallest absolute Gasteiger partial charge is 0.324 e. The number of aromatic nitrogens is 2. The summed E-state index contributed by atoms with van der Waals surface area (Å²) in [6, 6.07) is 11.9. The Morgan fingerprint density at radius 1 is 1.11 bits per heavy atom. The van der Waals surface area contributed by atoms with Gasteiger partial charge in [-0.2, -0.15) is 5.10 Å². The number of halogens is 1. The van der Waals surface area contributed by atoms with Crippen molar-refractivity contribution in [1.82, 2.24) is 15.1 Å². The molecule has 1 aliphatic rings. The number of carbonyl (C=O) groups is 2. The lowest BCUT2D eigenvalue weighted by Crippen LogP contribution is -2.47. The van der Waals surface area contributed by atoms with Gasteiger partial charge in [0, 0.05) is 18.4 Å². The van der Waals surface area contributed by atoms with Gasteiger partial charge in [0.1, 0.15) is 17.6 Å². The van der Waals surface area contributed by atoms with E-state index in [4.69, 9.17) is 4.74 Å². The van der Waals surface area contributed by atoms with Gasteiger partial charge in [0.25, 0.3) is 5.91 Å². The summed E-state index contributed by atoms with van der Waals surface area (Å²) in [4.78, 5) is 28.1. The second kappa shape index (κ2) is 9.69. The Morgan fingerprint density at radius 3 is 2.57 bits per heavy atom. The molecule has 3 amide bonds. The van der Waals surface area contributed by atoms with Crippen molar-refractivity contribution in [2.45, 2.75) is 38.6 Å². The van der Waals surface area contributed by atoms with Gasteiger partial charge in [0.05, 0.1) is 7.11 Å². The Kier molecular flexibility index (Phi) is 6.68. The number of carbonyl (C=O) groups excluding carboxylic acids is 2. The highest BCUT2D eigenvalue weighted by Gasteiger charge is 2.36. The fraction of sp³-hybridized carbons (Fsp3) is 0.308. The molecule has 0 fully saturated rings. The summed E-state index contributed by atoms with van der Waals surface area (Å²) in [6.07, 6.45) is 2.04. The molecule has 9 heteroatoms. The summed E-state index contributed by atoms with van der Waals surface area (Å²) in [5, 5.41) is 13.1. The van der Waals surface area contributed by atoms with Crippen LogP contribution in [0.1, 0.15) is 43.5 Å². The van der Waals surface area contributed by atoms with Crippen LogP contribution >= 0.6 is 0 Å². The SMILES string of the molecule is COc1ccc2c(c1)CCN(C(=O)Nc1cccnn1)C2C(=O)Nc1ccc(C(C)(C)C)c(F)c1. The Hall–Kier alpha value is -4.01. The van der Waals surface area contributed by atoms with E-state index >= 15 is 0 Å². The van der Waals surface area contributed by atoms with Gasteiger partial charge in [-0.3, -0.25) is 10.1 Å². The van der Waals surface area contributed by atoms with Gasteiger partial charge in [-0.1, -0.05) is 32.9 Å². The van der Waals surface area contributed by atoms with Gasteiger partial charge in [0.2, 0.25) is 0 Å². The minimum Gasteiger partial charge on any atom is -0.497 e. The number of fused-ring (bicyclic) bond motifs is 1. The topological polar surface area (TPSA) is 96.4 Å². The third-order valence-electron chi connectivity index (χ3n) is 5.94. The highest BCUT2D eigenvalue weighted by molar-refractivity contribution is 6.00. The van der Waals surface area contributed by atoms with Gasteiger partial charge >= 0.3 is 6.03 Å². The van der Waals surface area contributed by atoms with Gasteiger partial charge in [-0.25, -0.2) is 9.18 Å². The lowest BCUT2D eigenvalue weighted by Gasteiger charge is -2.36. The lowest BCUT2D eigenvalue weighted by atomic mass is 9.86. The van der Waals surface area contributed by atoms with E-state index in [1.54, 1.807) is 43.5 Å². The number of ether oxygens (including phenoxy) is 1. The number of benzene rings is 2. The van der Waals surface area contributed by atoms with Crippen LogP contribution in [0.15, 0.2) is 54.7 Å². The summed E-state index contributed by atoms with van der Waals surface area (Å²) < 4.78 is 20.1. The average Bonchev–Trinajstić information content (AvgIpc) is 2.82. The zero-order chi connectivity index (χ0) is 25.2. The second-order valence-electron chi connectivity index (χ2n) is 9.38. The molecule has 8 nitrogen and oxygen atoms in total. The predicted molar refractivity (Wildman–Crippen MR) is 131 cm³/mol. The molecule has 0 aliphatic carbocycles. The van der Waals surface area contributed by atoms with Crippen molar-refractivity contribution in [2.24, 2.45) is 0 Å². The van der Waals surface area contributed by atoms with Crippen LogP contribution in [-0.4, -0.2) is 40.7 Å². The molecule has 0 radical (unpaired) electrons. The quantitative estimate of drug-likeness (QED) is 0.568. The normalized spacial score (nSPS) is 15.2. The third kappa shape index (κ3) is 5.24. The molecule has 182 valence electrons. The number of rotatable bonds is 4. The molecule has 1 aliphatic heterocycles. The van der Waals surface area contributed by atoms with Crippen LogP contribution < -0.4 is 15.4 Å². The number of nitrogens with one attached hydrogen (secondary N) is 2. The number of nitrogens with zero attached hydrogens (tertiary/aromatic N) is 3. The molecule has 1 unspecified atom stereocenters. The summed E-state index contributed by atoms with van der Waals surface area (Å²) in [5.74, 6) is 0.0897. The van der Waals surface area contributed by atoms with Crippen LogP contribution in [0.25, 0.3) is 0 Å². The molecular formula is C26H28FN5O3. The number of hydrogen-bond donors (Lipinski definition) is 2. The van der Waals surface area contributed by atoms with Crippen LogP contribution in [0.4, 0.5) is 20.7 Å². The van der Waals surface area contributed by atoms with Gasteiger partial charge in [-0.15, -0.1) is 5.10 Å².